The van der Waals surface area contributed by atoms with E-state index in [1.807, 2.05) is 0 Å². The smallest absolute Gasteiger partial charge is 0.390 e. The number of anilines is 1. The van der Waals surface area contributed by atoms with Crippen molar-refractivity contribution in [2.75, 3.05) is 10.8 Å². The molecule has 0 unspecified atom stereocenters. The molecule has 3 aliphatic heterocycles. The van der Waals surface area contributed by atoms with Crippen LogP contribution in [0.25, 0.3) is 0 Å². The van der Waals surface area contributed by atoms with Crippen LogP contribution in [0.4, 0.5) is 18.9 Å². The molecule has 2 bridgehead atoms. The molecule has 1 aromatic carbocycles. The van der Waals surface area contributed by atoms with Gasteiger partial charge in [0.25, 0.3) is 0 Å². The summed E-state index contributed by atoms with van der Waals surface area (Å²) >= 11 is 0. The van der Waals surface area contributed by atoms with Gasteiger partial charge in [-0.3, -0.25) is 4.31 Å². The Morgan fingerprint density at radius 3 is 2.72 bits per heavy atom. The summed E-state index contributed by atoms with van der Waals surface area (Å²) in [5.74, 6) is -0.386. The van der Waals surface area contributed by atoms with E-state index in [0.717, 1.165) is 10.4 Å². The Hall–Kier alpha value is -1.83. The quantitative estimate of drug-likeness (QED) is 0.799. The number of hydrogen-bond donors (Lipinski definition) is 1. The number of aliphatic hydroxyl groups is 1. The van der Waals surface area contributed by atoms with Gasteiger partial charge in [-0.05, 0) is 18.2 Å². The van der Waals surface area contributed by atoms with Crippen LogP contribution in [0.5, 0.6) is 0 Å². The molecule has 3 saturated heterocycles. The van der Waals surface area contributed by atoms with Gasteiger partial charge in [0.2, 0.25) is 10.0 Å². The molecule has 25 heavy (non-hydrogen) atoms. The van der Waals surface area contributed by atoms with E-state index in [4.69, 9.17) is 10.00 Å². The van der Waals surface area contributed by atoms with E-state index in [2.05, 4.69) is 0 Å². The van der Waals surface area contributed by atoms with Crippen molar-refractivity contribution in [3.05, 3.63) is 29.3 Å². The Balaban J connectivity index is 1.76. The van der Waals surface area contributed by atoms with Crippen LogP contribution in [0.15, 0.2) is 18.2 Å². The first-order chi connectivity index (χ1) is 11.6. The second-order valence-electron chi connectivity index (χ2n) is 6.49. The van der Waals surface area contributed by atoms with Crippen LogP contribution in [0.2, 0.25) is 0 Å². The highest BCUT2D eigenvalue weighted by Gasteiger charge is 2.64. The zero-order valence-electron chi connectivity index (χ0n) is 12.6. The highest BCUT2D eigenvalue weighted by Crippen LogP contribution is 2.49. The molecule has 4 rings (SSSR count). The third-order valence-corrected chi connectivity index (χ3v) is 7.43. The van der Waals surface area contributed by atoms with Crippen LogP contribution < -0.4 is 4.31 Å². The number of fused-ring (bicyclic) bond motifs is 5. The van der Waals surface area contributed by atoms with Crippen molar-refractivity contribution in [1.82, 2.24) is 0 Å². The first-order valence-corrected chi connectivity index (χ1v) is 9.11. The molecule has 0 aromatic heterocycles. The summed E-state index contributed by atoms with van der Waals surface area (Å²) in [5.41, 5.74) is -1.86. The lowest BCUT2D eigenvalue weighted by molar-refractivity contribution is -0.137. The van der Waals surface area contributed by atoms with E-state index < -0.39 is 50.9 Å². The standard InChI is InChI=1S/C15H13F3N2O4S/c16-15(17,18)10-3-8(2-1-7(10)5-19)20-6-9-12-4-11(21)13(24-12)14(9)25(20,22)23/h1-3,9,11-14,21H,4,6H2/t9-,11+,12-,13+,14-/m1/s1. The fraction of sp³-hybridized carbons (Fsp3) is 0.533. The highest BCUT2D eigenvalue weighted by atomic mass is 32.2. The molecule has 0 aliphatic carbocycles. The Morgan fingerprint density at radius 2 is 2.08 bits per heavy atom. The lowest BCUT2D eigenvalue weighted by Gasteiger charge is -2.23. The van der Waals surface area contributed by atoms with Crippen LogP contribution in [0.1, 0.15) is 17.5 Å². The van der Waals surface area contributed by atoms with Crippen molar-refractivity contribution in [1.29, 1.82) is 5.26 Å². The van der Waals surface area contributed by atoms with Gasteiger partial charge in [-0.1, -0.05) is 0 Å². The van der Waals surface area contributed by atoms with Crippen LogP contribution in [0, 0.1) is 17.2 Å². The van der Waals surface area contributed by atoms with Gasteiger partial charge in [0, 0.05) is 18.9 Å². The molecule has 0 spiro atoms. The molecule has 10 heteroatoms. The second-order valence-corrected chi connectivity index (χ2v) is 8.50. The third kappa shape index (κ3) is 2.26. The summed E-state index contributed by atoms with van der Waals surface area (Å²) in [6.45, 7) is 0.00405. The number of halogens is 3. The SMILES string of the molecule is N#Cc1ccc(N2C[C@H]3[C@H]([C@H]4O[C@@H]3C[C@@H]4O)S2(=O)=O)cc1C(F)(F)F. The Kier molecular flexibility index (Phi) is 3.39. The number of benzene rings is 1. The molecule has 6 nitrogen and oxygen atoms in total. The van der Waals surface area contributed by atoms with Crippen LogP contribution in [-0.2, 0) is 20.9 Å². The molecule has 0 saturated carbocycles. The molecule has 5 atom stereocenters. The van der Waals surface area contributed by atoms with E-state index >= 15 is 0 Å². The minimum absolute atomic E-state index is 0.00405. The van der Waals surface area contributed by atoms with Gasteiger partial charge in [0.05, 0.1) is 35.1 Å². The maximum atomic E-state index is 13.1. The molecule has 1 N–H and O–H groups in total. The molecule has 1 aromatic rings. The highest BCUT2D eigenvalue weighted by molar-refractivity contribution is 7.93. The zero-order valence-corrected chi connectivity index (χ0v) is 13.5. The molecule has 0 radical (unpaired) electrons. The molecule has 134 valence electrons. The summed E-state index contributed by atoms with van der Waals surface area (Å²) < 4.78 is 71.5. The number of hydrogen-bond acceptors (Lipinski definition) is 5. The van der Waals surface area contributed by atoms with Gasteiger partial charge in [0.1, 0.15) is 11.4 Å². The third-order valence-electron chi connectivity index (χ3n) is 5.15. The van der Waals surface area contributed by atoms with Gasteiger partial charge in [-0.2, -0.15) is 18.4 Å². The van der Waals surface area contributed by atoms with Gasteiger partial charge < -0.3 is 9.84 Å². The fourth-order valence-electron chi connectivity index (χ4n) is 4.07. The number of ether oxygens (including phenoxy) is 1. The lowest BCUT2D eigenvalue weighted by Crippen LogP contribution is -2.42. The van der Waals surface area contributed by atoms with E-state index in [1.165, 1.54) is 12.1 Å². The topological polar surface area (TPSA) is 90.6 Å². The van der Waals surface area contributed by atoms with E-state index in [9.17, 15) is 26.7 Å². The number of sulfonamides is 1. The lowest BCUT2D eigenvalue weighted by atomic mass is 9.87. The largest absolute Gasteiger partial charge is 0.417 e. The van der Waals surface area contributed by atoms with E-state index in [-0.39, 0.29) is 18.2 Å². The van der Waals surface area contributed by atoms with Crippen LogP contribution in [-0.4, -0.2) is 43.6 Å². The fourth-order valence-corrected chi connectivity index (χ4v) is 6.44. The summed E-state index contributed by atoms with van der Waals surface area (Å²) in [5, 5.41) is 17.8. The first-order valence-electron chi connectivity index (χ1n) is 7.61. The summed E-state index contributed by atoms with van der Waals surface area (Å²) in [4.78, 5) is 0. The Morgan fingerprint density at radius 1 is 1.36 bits per heavy atom. The van der Waals surface area contributed by atoms with Gasteiger partial charge >= 0.3 is 6.18 Å². The summed E-state index contributed by atoms with van der Waals surface area (Å²) in [7, 11) is -3.97. The maximum absolute atomic E-state index is 13.1. The second kappa shape index (κ2) is 5.09. The van der Waals surface area contributed by atoms with Crippen molar-refractivity contribution in [2.45, 2.75) is 36.2 Å². The normalized spacial score (nSPS) is 35.6. The number of rotatable bonds is 1. The van der Waals surface area contributed by atoms with Crippen LogP contribution >= 0.6 is 0 Å². The minimum atomic E-state index is -4.77. The van der Waals surface area contributed by atoms with Gasteiger partial charge in [-0.15, -0.1) is 0 Å². The Bertz CT molecular complexity index is 880. The van der Waals surface area contributed by atoms with Crippen molar-refractivity contribution in [3.8, 4) is 6.07 Å². The van der Waals surface area contributed by atoms with Crippen molar-refractivity contribution >= 4 is 15.7 Å². The first kappa shape index (κ1) is 16.6. The summed E-state index contributed by atoms with van der Waals surface area (Å²) in [6, 6.07) is 4.33. The number of nitriles is 1. The predicted octanol–water partition coefficient (Wildman–Crippen LogP) is 1.24. The molecule has 3 fully saturated rings. The minimum Gasteiger partial charge on any atom is -0.390 e. The van der Waals surface area contributed by atoms with Crippen LogP contribution in [0.3, 0.4) is 0 Å². The number of alkyl halides is 3. The van der Waals surface area contributed by atoms with Crippen molar-refractivity contribution in [2.24, 2.45) is 5.92 Å². The molecular weight excluding hydrogens is 361 g/mol. The van der Waals surface area contributed by atoms with Gasteiger partial charge in [0.15, 0.2) is 0 Å². The van der Waals surface area contributed by atoms with Crippen molar-refractivity contribution < 1.29 is 31.4 Å². The van der Waals surface area contributed by atoms with Crippen molar-refractivity contribution in [3.63, 3.8) is 0 Å². The summed E-state index contributed by atoms with van der Waals surface area (Å²) in [6.07, 6.45) is -6.57. The number of nitrogens with zero attached hydrogens (tertiary/aromatic N) is 2. The van der Waals surface area contributed by atoms with E-state index in [0.29, 0.717) is 12.5 Å². The molecular formula is C15H13F3N2O4S. The average molecular weight is 374 g/mol. The monoisotopic (exact) mass is 374 g/mol. The maximum Gasteiger partial charge on any atom is 0.417 e. The predicted molar refractivity (Wildman–Crippen MR) is 79.0 cm³/mol. The zero-order chi connectivity index (χ0) is 18.1. The molecule has 3 aliphatic rings. The Labute approximate surface area is 141 Å². The van der Waals surface area contributed by atoms with E-state index in [1.54, 1.807) is 0 Å². The molecule has 0 amide bonds. The molecule has 3 heterocycles. The van der Waals surface area contributed by atoms with Gasteiger partial charge in [-0.25, -0.2) is 8.42 Å². The average Bonchev–Trinajstić information content (AvgIpc) is 3.15. The number of aliphatic hydroxyl groups excluding tert-OH is 1.